The highest BCUT2D eigenvalue weighted by Gasteiger charge is 2.23. The van der Waals surface area contributed by atoms with Gasteiger partial charge < -0.3 is 19.9 Å². The molecule has 1 aromatic rings. The Morgan fingerprint density at radius 1 is 1.42 bits per heavy atom. The molecule has 0 saturated carbocycles. The maximum atomic E-state index is 5.85. The van der Waals surface area contributed by atoms with E-state index in [2.05, 4.69) is 22.9 Å². The summed E-state index contributed by atoms with van der Waals surface area (Å²) in [5, 5.41) is 0. The van der Waals surface area contributed by atoms with E-state index in [0.717, 1.165) is 22.9 Å². The average Bonchev–Trinajstić information content (AvgIpc) is 2.82. The van der Waals surface area contributed by atoms with Crippen molar-refractivity contribution in [2.45, 2.75) is 38.5 Å². The first-order chi connectivity index (χ1) is 9.13. The molecular weight excluding hydrogens is 310 g/mol. The maximum absolute atomic E-state index is 5.85. The Morgan fingerprint density at radius 2 is 2.21 bits per heavy atom. The zero-order chi connectivity index (χ0) is 13.8. The number of hydrogen-bond donors (Lipinski definition) is 1. The van der Waals surface area contributed by atoms with Gasteiger partial charge in [-0.2, -0.15) is 0 Å². The van der Waals surface area contributed by atoms with Gasteiger partial charge in [0, 0.05) is 6.54 Å². The molecule has 0 aromatic heterocycles. The summed E-state index contributed by atoms with van der Waals surface area (Å²) in [5.74, 6) is 1.41. The molecule has 5 heteroatoms. The fourth-order valence-electron chi connectivity index (χ4n) is 2.22. The molecule has 106 valence electrons. The van der Waals surface area contributed by atoms with Crippen LogP contribution >= 0.6 is 15.9 Å². The van der Waals surface area contributed by atoms with Crippen LogP contribution in [0.5, 0.6) is 11.5 Å². The number of halogens is 1. The van der Waals surface area contributed by atoms with Crippen molar-refractivity contribution in [3.8, 4) is 11.5 Å². The summed E-state index contributed by atoms with van der Waals surface area (Å²) in [6.45, 7) is 3.10. The summed E-state index contributed by atoms with van der Waals surface area (Å²) < 4.78 is 17.8. The van der Waals surface area contributed by atoms with Crippen LogP contribution in [-0.2, 0) is 11.3 Å². The number of hydrogen-bond acceptors (Lipinski definition) is 4. The van der Waals surface area contributed by atoms with E-state index >= 15 is 0 Å². The quantitative estimate of drug-likeness (QED) is 0.902. The van der Waals surface area contributed by atoms with Gasteiger partial charge in [0.25, 0.3) is 0 Å². The van der Waals surface area contributed by atoms with Gasteiger partial charge in [0.05, 0.1) is 23.8 Å². The molecule has 1 fully saturated rings. The normalized spacial score (nSPS) is 22.5. The third-order valence-corrected chi connectivity index (χ3v) is 3.85. The Kier molecular flexibility index (Phi) is 5.07. The minimum absolute atomic E-state index is 0.167. The largest absolute Gasteiger partial charge is 0.493 e. The van der Waals surface area contributed by atoms with E-state index in [-0.39, 0.29) is 6.10 Å². The monoisotopic (exact) mass is 329 g/mol. The molecule has 0 radical (unpaired) electrons. The number of ether oxygens (including phenoxy) is 3. The van der Waals surface area contributed by atoms with Crippen LogP contribution < -0.4 is 15.2 Å². The lowest BCUT2D eigenvalue weighted by atomic mass is 10.2. The SMILES string of the molecule is COc1cc(CN)cc(Br)c1OCC1CCC(C)O1. The van der Waals surface area contributed by atoms with Gasteiger partial charge in [-0.05, 0) is 53.4 Å². The number of benzene rings is 1. The number of rotatable bonds is 5. The van der Waals surface area contributed by atoms with Gasteiger partial charge in [0.15, 0.2) is 11.5 Å². The fourth-order valence-corrected chi connectivity index (χ4v) is 2.82. The molecule has 19 heavy (non-hydrogen) atoms. The fraction of sp³-hybridized carbons (Fsp3) is 0.571. The number of nitrogens with two attached hydrogens (primary N) is 1. The summed E-state index contributed by atoms with van der Waals surface area (Å²) in [6.07, 6.45) is 2.64. The van der Waals surface area contributed by atoms with E-state index in [0.29, 0.717) is 30.8 Å². The lowest BCUT2D eigenvalue weighted by Gasteiger charge is -2.17. The Hall–Kier alpha value is -0.780. The van der Waals surface area contributed by atoms with Crippen molar-refractivity contribution < 1.29 is 14.2 Å². The Bertz CT molecular complexity index is 439. The van der Waals surface area contributed by atoms with E-state index in [9.17, 15) is 0 Å². The molecule has 0 amide bonds. The van der Waals surface area contributed by atoms with Gasteiger partial charge in [-0.1, -0.05) is 0 Å². The van der Waals surface area contributed by atoms with Crippen molar-refractivity contribution in [3.05, 3.63) is 22.2 Å². The topological polar surface area (TPSA) is 53.7 Å². The van der Waals surface area contributed by atoms with Crippen LogP contribution in [0, 0.1) is 0 Å². The summed E-state index contributed by atoms with van der Waals surface area (Å²) in [5.41, 5.74) is 6.65. The van der Waals surface area contributed by atoms with Gasteiger partial charge in [0.1, 0.15) is 6.61 Å². The molecule has 0 bridgehead atoms. The van der Waals surface area contributed by atoms with Crippen molar-refractivity contribution in [1.29, 1.82) is 0 Å². The standard InChI is InChI=1S/C14H20BrNO3/c1-9-3-4-11(19-9)8-18-14-12(15)5-10(7-16)6-13(14)17-2/h5-6,9,11H,3-4,7-8,16H2,1-2H3. The molecule has 2 atom stereocenters. The lowest BCUT2D eigenvalue weighted by Crippen LogP contribution is -2.18. The van der Waals surface area contributed by atoms with Crippen molar-refractivity contribution in [2.24, 2.45) is 5.73 Å². The number of methoxy groups -OCH3 is 1. The molecule has 1 aliphatic rings. The second-order valence-electron chi connectivity index (χ2n) is 4.77. The summed E-state index contributed by atoms with van der Waals surface area (Å²) in [4.78, 5) is 0. The third-order valence-electron chi connectivity index (χ3n) is 3.26. The van der Waals surface area contributed by atoms with Gasteiger partial charge in [-0.25, -0.2) is 0 Å². The molecule has 1 saturated heterocycles. The molecule has 2 N–H and O–H groups in total. The minimum atomic E-state index is 0.167. The highest BCUT2D eigenvalue weighted by atomic mass is 79.9. The van der Waals surface area contributed by atoms with Gasteiger partial charge >= 0.3 is 0 Å². The van der Waals surface area contributed by atoms with E-state index in [4.69, 9.17) is 19.9 Å². The van der Waals surface area contributed by atoms with Crippen LogP contribution in [0.3, 0.4) is 0 Å². The predicted molar refractivity (Wildman–Crippen MR) is 77.6 cm³/mol. The van der Waals surface area contributed by atoms with Crippen LogP contribution in [-0.4, -0.2) is 25.9 Å². The molecule has 1 aromatic carbocycles. The predicted octanol–water partition coefficient (Wildman–Crippen LogP) is 2.86. The van der Waals surface area contributed by atoms with Crippen LogP contribution in [0.2, 0.25) is 0 Å². The molecular formula is C14H20BrNO3. The van der Waals surface area contributed by atoms with E-state index in [1.54, 1.807) is 7.11 Å². The summed E-state index contributed by atoms with van der Waals surface area (Å²) in [6, 6.07) is 3.86. The zero-order valence-corrected chi connectivity index (χ0v) is 12.9. The zero-order valence-electron chi connectivity index (χ0n) is 11.3. The molecule has 4 nitrogen and oxygen atoms in total. The van der Waals surface area contributed by atoms with Crippen molar-refractivity contribution in [3.63, 3.8) is 0 Å². The van der Waals surface area contributed by atoms with E-state index in [1.807, 2.05) is 12.1 Å². The second-order valence-corrected chi connectivity index (χ2v) is 5.62. The first-order valence-corrected chi connectivity index (χ1v) is 7.28. The summed E-state index contributed by atoms with van der Waals surface area (Å²) in [7, 11) is 1.63. The maximum Gasteiger partial charge on any atom is 0.175 e. The highest BCUT2D eigenvalue weighted by molar-refractivity contribution is 9.10. The molecule has 1 heterocycles. The second kappa shape index (κ2) is 6.59. The minimum Gasteiger partial charge on any atom is -0.493 e. The smallest absolute Gasteiger partial charge is 0.175 e. The lowest BCUT2D eigenvalue weighted by molar-refractivity contribution is 0.0257. The molecule has 0 spiro atoms. The Labute approximate surface area is 122 Å². The summed E-state index contributed by atoms with van der Waals surface area (Å²) >= 11 is 3.50. The van der Waals surface area contributed by atoms with Crippen LogP contribution in [0.1, 0.15) is 25.3 Å². The third kappa shape index (κ3) is 3.61. The Morgan fingerprint density at radius 3 is 2.79 bits per heavy atom. The van der Waals surface area contributed by atoms with Crippen LogP contribution in [0.25, 0.3) is 0 Å². The first kappa shape index (κ1) is 14.6. The van der Waals surface area contributed by atoms with Gasteiger partial charge in [-0.3, -0.25) is 0 Å². The average molecular weight is 330 g/mol. The first-order valence-electron chi connectivity index (χ1n) is 6.48. The Balaban J connectivity index is 2.06. The molecule has 1 aliphatic heterocycles. The highest BCUT2D eigenvalue weighted by Crippen LogP contribution is 2.37. The molecule has 2 rings (SSSR count). The van der Waals surface area contributed by atoms with Gasteiger partial charge in [0.2, 0.25) is 0 Å². The van der Waals surface area contributed by atoms with Gasteiger partial charge in [-0.15, -0.1) is 0 Å². The van der Waals surface area contributed by atoms with Crippen LogP contribution in [0.4, 0.5) is 0 Å². The van der Waals surface area contributed by atoms with Crippen molar-refractivity contribution in [2.75, 3.05) is 13.7 Å². The van der Waals surface area contributed by atoms with Crippen LogP contribution in [0.15, 0.2) is 16.6 Å². The van der Waals surface area contributed by atoms with E-state index < -0.39 is 0 Å². The molecule has 0 aliphatic carbocycles. The molecule has 2 unspecified atom stereocenters. The van der Waals surface area contributed by atoms with Crippen molar-refractivity contribution >= 4 is 15.9 Å². The van der Waals surface area contributed by atoms with Crippen molar-refractivity contribution in [1.82, 2.24) is 0 Å². The van der Waals surface area contributed by atoms with E-state index in [1.165, 1.54) is 0 Å².